The zero-order valence-electron chi connectivity index (χ0n) is 11.8. The minimum Gasteiger partial charge on any atom is -0.493 e. The summed E-state index contributed by atoms with van der Waals surface area (Å²) in [4.78, 5) is 20.4. The minimum absolute atomic E-state index is 0.161. The van der Waals surface area contributed by atoms with E-state index in [1.54, 1.807) is 0 Å². The van der Waals surface area contributed by atoms with Crippen LogP contribution in [0.1, 0.15) is 18.2 Å². The van der Waals surface area contributed by atoms with Gasteiger partial charge in [-0.15, -0.1) is 0 Å². The van der Waals surface area contributed by atoms with E-state index in [-0.39, 0.29) is 5.56 Å². The van der Waals surface area contributed by atoms with E-state index in [4.69, 9.17) is 4.74 Å². The summed E-state index contributed by atoms with van der Waals surface area (Å²) in [7, 11) is 0. The molecule has 5 nitrogen and oxygen atoms in total. The minimum atomic E-state index is -0.161. The maximum atomic E-state index is 12.2. The standard InChI is InChI=1S/C15H15N3O2S/c1-3-8-20-11-7-5-4-6-10(11)13-16-14-12(15(19)17-13)9(2)21-18-14/h4-7H,3,8H2,1-2H3,(H,16,17,18,19). The maximum absolute atomic E-state index is 12.2. The van der Waals surface area contributed by atoms with Gasteiger partial charge in [0.15, 0.2) is 5.65 Å². The molecule has 3 aromatic rings. The van der Waals surface area contributed by atoms with Crippen LogP contribution in [-0.2, 0) is 0 Å². The normalized spacial score (nSPS) is 11.0. The molecular formula is C15H15N3O2S. The molecule has 0 saturated heterocycles. The first kappa shape index (κ1) is 13.8. The van der Waals surface area contributed by atoms with Crippen LogP contribution in [0.4, 0.5) is 0 Å². The second kappa shape index (κ2) is 5.65. The molecule has 0 fully saturated rings. The molecule has 0 aliphatic carbocycles. The van der Waals surface area contributed by atoms with Crippen molar-refractivity contribution in [1.82, 2.24) is 14.3 Å². The van der Waals surface area contributed by atoms with E-state index in [0.29, 0.717) is 29.2 Å². The molecule has 0 atom stereocenters. The van der Waals surface area contributed by atoms with Gasteiger partial charge in [-0.3, -0.25) is 4.79 Å². The molecule has 0 radical (unpaired) electrons. The predicted octanol–water partition coefficient (Wildman–Crippen LogP) is 3.14. The molecule has 108 valence electrons. The lowest BCUT2D eigenvalue weighted by Gasteiger charge is -2.09. The van der Waals surface area contributed by atoms with Crippen LogP contribution < -0.4 is 10.3 Å². The predicted molar refractivity (Wildman–Crippen MR) is 84.0 cm³/mol. The van der Waals surface area contributed by atoms with Gasteiger partial charge in [-0.2, -0.15) is 4.37 Å². The fourth-order valence-corrected chi connectivity index (χ4v) is 2.76. The lowest BCUT2D eigenvalue weighted by molar-refractivity contribution is 0.318. The van der Waals surface area contributed by atoms with E-state index < -0.39 is 0 Å². The molecule has 2 aromatic heterocycles. The van der Waals surface area contributed by atoms with E-state index in [1.807, 2.05) is 38.1 Å². The Morgan fingerprint density at radius 3 is 2.95 bits per heavy atom. The van der Waals surface area contributed by atoms with Crippen molar-refractivity contribution in [3.05, 3.63) is 39.5 Å². The quantitative estimate of drug-likeness (QED) is 0.804. The van der Waals surface area contributed by atoms with Crippen molar-refractivity contribution < 1.29 is 4.74 Å². The summed E-state index contributed by atoms with van der Waals surface area (Å²) < 4.78 is 9.94. The van der Waals surface area contributed by atoms with E-state index in [0.717, 1.165) is 16.9 Å². The summed E-state index contributed by atoms with van der Waals surface area (Å²) in [6.45, 7) is 4.54. The average Bonchev–Trinajstić information content (AvgIpc) is 2.87. The van der Waals surface area contributed by atoms with Gasteiger partial charge in [-0.25, -0.2) is 4.98 Å². The highest BCUT2D eigenvalue weighted by atomic mass is 32.1. The average molecular weight is 301 g/mol. The van der Waals surface area contributed by atoms with Crippen molar-refractivity contribution in [1.29, 1.82) is 0 Å². The molecule has 0 spiro atoms. The number of hydrogen-bond donors (Lipinski definition) is 1. The number of nitrogens with one attached hydrogen (secondary N) is 1. The number of aromatic amines is 1. The molecule has 0 unspecified atom stereocenters. The van der Waals surface area contributed by atoms with Crippen molar-refractivity contribution in [2.24, 2.45) is 0 Å². The molecule has 2 heterocycles. The maximum Gasteiger partial charge on any atom is 0.261 e. The highest BCUT2D eigenvalue weighted by Crippen LogP contribution is 2.28. The Balaban J connectivity index is 2.14. The van der Waals surface area contributed by atoms with Crippen molar-refractivity contribution in [3.63, 3.8) is 0 Å². The van der Waals surface area contributed by atoms with Gasteiger partial charge in [0.1, 0.15) is 11.6 Å². The number of fused-ring (bicyclic) bond motifs is 1. The topological polar surface area (TPSA) is 67.9 Å². The summed E-state index contributed by atoms with van der Waals surface area (Å²) >= 11 is 1.29. The Morgan fingerprint density at radius 1 is 1.33 bits per heavy atom. The fourth-order valence-electron chi connectivity index (χ4n) is 2.13. The smallest absolute Gasteiger partial charge is 0.261 e. The van der Waals surface area contributed by atoms with Crippen LogP contribution >= 0.6 is 11.5 Å². The first-order chi connectivity index (χ1) is 10.2. The van der Waals surface area contributed by atoms with Crippen LogP contribution in [0.25, 0.3) is 22.4 Å². The van der Waals surface area contributed by atoms with Crippen molar-refractivity contribution >= 4 is 22.6 Å². The van der Waals surface area contributed by atoms with Crippen LogP contribution in [-0.4, -0.2) is 20.9 Å². The zero-order valence-corrected chi connectivity index (χ0v) is 12.7. The lowest BCUT2D eigenvalue weighted by Crippen LogP contribution is -2.10. The highest BCUT2D eigenvalue weighted by molar-refractivity contribution is 7.07. The van der Waals surface area contributed by atoms with Crippen molar-refractivity contribution in [3.8, 4) is 17.1 Å². The SMILES string of the molecule is CCCOc1ccccc1-c1nc2nsc(C)c2c(=O)[nH]1. The number of ether oxygens (including phenoxy) is 1. The van der Waals surface area contributed by atoms with Crippen LogP contribution in [0.2, 0.25) is 0 Å². The molecule has 0 bridgehead atoms. The number of aromatic nitrogens is 3. The third kappa shape index (κ3) is 2.54. The van der Waals surface area contributed by atoms with Gasteiger partial charge in [0.05, 0.1) is 17.6 Å². The van der Waals surface area contributed by atoms with Crippen LogP contribution in [0.5, 0.6) is 5.75 Å². The third-order valence-electron chi connectivity index (χ3n) is 3.13. The summed E-state index contributed by atoms with van der Waals surface area (Å²) in [5, 5.41) is 0.565. The number of H-pyrrole nitrogens is 1. The molecule has 0 aliphatic rings. The molecule has 1 N–H and O–H groups in total. The van der Waals surface area contributed by atoms with Gasteiger partial charge in [0.25, 0.3) is 5.56 Å². The lowest BCUT2D eigenvalue weighted by atomic mass is 10.2. The Morgan fingerprint density at radius 2 is 2.14 bits per heavy atom. The van der Waals surface area contributed by atoms with Gasteiger partial charge in [-0.05, 0) is 37.0 Å². The van der Waals surface area contributed by atoms with Gasteiger partial charge in [0.2, 0.25) is 0 Å². The Kier molecular flexibility index (Phi) is 3.70. The van der Waals surface area contributed by atoms with Gasteiger partial charge >= 0.3 is 0 Å². The molecule has 0 aliphatic heterocycles. The molecule has 0 saturated carbocycles. The zero-order chi connectivity index (χ0) is 14.8. The summed E-state index contributed by atoms with van der Waals surface area (Å²) in [6, 6.07) is 7.55. The second-order valence-electron chi connectivity index (χ2n) is 4.70. The Bertz CT molecular complexity index is 838. The Hall–Kier alpha value is -2.21. The number of nitrogens with zero attached hydrogens (tertiary/aromatic N) is 2. The highest BCUT2D eigenvalue weighted by Gasteiger charge is 2.13. The number of benzene rings is 1. The Labute approximate surface area is 125 Å². The summed E-state index contributed by atoms with van der Waals surface area (Å²) in [5.41, 5.74) is 1.10. The number of para-hydroxylation sites is 1. The largest absolute Gasteiger partial charge is 0.493 e. The molecule has 21 heavy (non-hydrogen) atoms. The van der Waals surface area contributed by atoms with Gasteiger partial charge in [-0.1, -0.05) is 19.1 Å². The monoisotopic (exact) mass is 301 g/mol. The van der Waals surface area contributed by atoms with E-state index >= 15 is 0 Å². The second-order valence-corrected chi connectivity index (χ2v) is 5.67. The van der Waals surface area contributed by atoms with Crippen LogP contribution in [0.3, 0.4) is 0 Å². The first-order valence-electron chi connectivity index (χ1n) is 6.79. The third-order valence-corrected chi connectivity index (χ3v) is 3.87. The van der Waals surface area contributed by atoms with Crippen molar-refractivity contribution in [2.75, 3.05) is 6.61 Å². The van der Waals surface area contributed by atoms with Crippen LogP contribution in [0, 0.1) is 6.92 Å². The number of rotatable bonds is 4. The van der Waals surface area contributed by atoms with E-state index in [2.05, 4.69) is 14.3 Å². The fraction of sp³-hybridized carbons (Fsp3) is 0.267. The van der Waals surface area contributed by atoms with Gasteiger partial charge < -0.3 is 9.72 Å². The number of aryl methyl sites for hydroxylation is 1. The van der Waals surface area contributed by atoms with Crippen molar-refractivity contribution in [2.45, 2.75) is 20.3 Å². The molecule has 3 rings (SSSR count). The molecule has 0 amide bonds. The molecular weight excluding hydrogens is 286 g/mol. The van der Waals surface area contributed by atoms with Crippen LogP contribution in [0.15, 0.2) is 29.1 Å². The first-order valence-corrected chi connectivity index (χ1v) is 7.56. The molecule has 1 aromatic carbocycles. The molecule has 6 heteroatoms. The number of hydrogen-bond acceptors (Lipinski definition) is 5. The van der Waals surface area contributed by atoms with E-state index in [9.17, 15) is 4.79 Å². The van der Waals surface area contributed by atoms with E-state index in [1.165, 1.54) is 11.5 Å². The summed E-state index contributed by atoms with van der Waals surface area (Å²) in [5.74, 6) is 1.21. The summed E-state index contributed by atoms with van der Waals surface area (Å²) in [6.07, 6.45) is 0.919. The van der Waals surface area contributed by atoms with Gasteiger partial charge in [0, 0.05) is 4.88 Å².